The lowest BCUT2D eigenvalue weighted by atomic mass is 9.74. The number of carbonyl (C=O) groups excluding carboxylic acids is 1. The molecule has 1 aromatic rings. The molecule has 0 saturated heterocycles. The Morgan fingerprint density at radius 3 is 2.88 bits per heavy atom. The second-order valence-corrected chi connectivity index (χ2v) is 7.79. The number of aryl methyl sites for hydroxylation is 1. The Labute approximate surface area is 143 Å². The van der Waals surface area contributed by atoms with E-state index in [0.717, 1.165) is 36.3 Å². The van der Waals surface area contributed by atoms with Gasteiger partial charge in [-0.2, -0.15) is 10.2 Å². The second kappa shape index (κ2) is 6.08. The molecule has 128 valence electrons. The van der Waals surface area contributed by atoms with Crippen molar-refractivity contribution in [2.75, 3.05) is 0 Å². The number of carbonyl (C=O) groups is 1. The standard InChI is InChI=1S/C19H25N3O2/c1-5-6-8-19(21-22-19)9-7-17(23)20-15-11-18(3,4)12-16-14(15)10-13(2)24-16/h1,10,15H,6-9,11-12H2,2-4H3,(H,20,23). The molecule has 0 aromatic carbocycles. The molecule has 3 rings (SSSR count). The largest absolute Gasteiger partial charge is 0.466 e. The van der Waals surface area contributed by atoms with Gasteiger partial charge in [0.15, 0.2) is 5.66 Å². The maximum atomic E-state index is 12.4. The third kappa shape index (κ3) is 3.69. The highest BCUT2D eigenvalue weighted by atomic mass is 16.3. The van der Waals surface area contributed by atoms with Crippen LogP contribution in [-0.2, 0) is 11.2 Å². The van der Waals surface area contributed by atoms with Crippen LogP contribution in [0.3, 0.4) is 0 Å². The van der Waals surface area contributed by atoms with Crippen molar-refractivity contribution in [1.29, 1.82) is 0 Å². The van der Waals surface area contributed by atoms with E-state index >= 15 is 0 Å². The van der Waals surface area contributed by atoms with E-state index in [4.69, 9.17) is 10.8 Å². The molecule has 2 aliphatic rings. The molecule has 1 unspecified atom stereocenters. The molecule has 24 heavy (non-hydrogen) atoms. The van der Waals surface area contributed by atoms with E-state index in [1.54, 1.807) is 0 Å². The highest BCUT2D eigenvalue weighted by molar-refractivity contribution is 5.76. The molecule has 0 spiro atoms. The van der Waals surface area contributed by atoms with Crippen LogP contribution in [0.4, 0.5) is 0 Å². The van der Waals surface area contributed by atoms with Crippen molar-refractivity contribution in [2.24, 2.45) is 15.6 Å². The first-order chi connectivity index (χ1) is 11.3. The lowest BCUT2D eigenvalue weighted by molar-refractivity contribution is -0.122. The summed E-state index contributed by atoms with van der Waals surface area (Å²) >= 11 is 0. The molecular formula is C19H25N3O2. The van der Waals surface area contributed by atoms with Crippen LogP contribution in [0.1, 0.15) is 69.1 Å². The molecule has 0 saturated carbocycles. The maximum absolute atomic E-state index is 12.4. The van der Waals surface area contributed by atoms with Crippen molar-refractivity contribution >= 4 is 5.91 Å². The summed E-state index contributed by atoms with van der Waals surface area (Å²) in [5.41, 5.74) is 0.847. The normalized spacial score (nSPS) is 22.5. The van der Waals surface area contributed by atoms with Gasteiger partial charge in [0.05, 0.1) is 6.04 Å². The maximum Gasteiger partial charge on any atom is 0.220 e. The van der Waals surface area contributed by atoms with Gasteiger partial charge in [-0.05, 0) is 24.8 Å². The quantitative estimate of drug-likeness (QED) is 0.800. The molecule has 1 N–H and O–H groups in total. The van der Waals surface area contributed by atoms with Gasteiger partial charge in [0.1, 0.15) is 11.5 Å². The Hall–Kier alpha value is -2.09. The number of terminal acetylenes is 1. The monoisotopic (exact) mass is 327 g/mol. The van der Waals surface area contributed by atoms with Crippen molar-refractivity contribution < 1.29 is 9.21 Å². The van der Waals surface area contributed by atoms with Crippen LogP contribution < -0.4 is 5.32 Å². The highest BCUT2D eigenvalue weighted by Gasteiger charge is 2.40. The Kier molecular flexibility index (Phi) is 4.25. The lowest BCUT2D eigenvalue weighted by Gasteiger charge is -2.34. The van der Waals surface area contributed by atoms with Crippen LogP contribution in [0.15, 0.2) is 20.7 Å². The zero-order chi connectivity index (χ0) is 17.4. The fourth-order valence-corrected chi connectivity index (χ4v) is 3.56. The van der Waals surface area contributed by atoms with Crippen LogP contribution in [0.5, 0.6) is 0 Å². The Morgan fingerprint density at radius 1 is 1.46 bits per heavy atom. The van der Waals surface area contributed by atoms with E-state index in [0.29, 0.717) is 19.3 Å². The van der Waals surface area contributed by atoms with Gasteiger partial charge in [-0.3, -0.25) is 4.79 Å². The van der Waals surface area contributed by atoms with Crippen molar-refractivity contribution in [3.63, 3.8) is 0 Å². The molecule has 5 nitrogen and oxygen atoms in total. The minimum Gasteiger partial charge on any atom is -0.466 e. The zero-order valence-electron chi connectivity index (χ0n) is 14.7. The third-order valence-corrected chi connectivity index (χ3v) is 4.88. The predicted molar refractivity (Wildman–Crippen MR) is 91.3 cm³/mol. The Morgan fingerprint density at radius 2 is 2.21 bits per heavy atom. The Bertz CT molecular complexity index is 703. The number of hydrogen-bond donors (Lipinski definition) is 1. The molecule has 1 atom stereocenters. The number of furan rings is 1. The topological polar surface area (TPSA) is 67.0 Å². The number of nitrogens with one attached hydrogen (secondary N) is 1. The smallest absolute Gasteiger partial charge is 0.220 e. The number of nitrogens with zero attached hydrogens (tertiary/aromatic N) is 2. The summed E-state index contributed by atoms with van der Waals surface area (Å²) in [5.74, 6) is 4.56. The van der Waals surface area contributed by atoms with Crippen molar-refractivity contribution in [2.45, 2.75) is 71.0 Å². The molecule has 2 heterocycles. The molecule has 1 aliphatic heterocycles. The number of hydrogen-bond acceptors (Lipinski definition) is 4. The molecule has 0 fully saturated rings. The minimum atomic E-state index is -0.396. The molecule has 1 amide bonds. The second-order valence-electron chi connectivity index (χ2n) is 7.79. The summed E-state index contributed by atoms with van der Waals surface area (Å²) in [6.07, 6.45) is 9.55. The van der Waals surface area contributed by atoms with Crippen LogP contribution >= 0.6 is 0 Å². The van der Waals surface area contributed by atoms with E-state index < -0.39 is 5.66 Å². The first-order valence-electron chi connectivity index (χ1n) is 8.59. The third-order valence-electron chi connectivity index (χ3n) is 4.88. The highest BCUT2D eigenvalue weighted by Crippen LogP contribution is 2.42. The molecule has 0 radical (unpaired) electrons. The molecular weight excluding hydrogens is 302 g/mol. The van der Waals surface area contributed by atoms with Gasteiger partial charge in [-0.15, -0.1) is 12.3 Å². The van der Waals surface area contributed by atoms with Crippen molar-refractivity contribution in [3.05, 3.63) is 23.2 Å². The van der Waals surface area contributed by atoms with Crippen molar-refractivity contribution in [1.82, 2.24) is 5.32 Å². The molecule has 5 heteroatoms. The van der Waals surface area contributed by atoms with Crippen molar-refractivity contribution in [3.8, 4) is 12.3 Å². The van der Waals surface area contributed by atoms with E-state index in [9.17, 15) is 4.79 Å². The van der Waals surface area contributed by atoms with Gasteiger partial charge in [-0.25, -0.2) is 0 Å². The number of fused-ring (bicyclic) bond motifs is 1. The van der Waals surface area contributed by atoms with Gasteiger partial charge in [0.25, 0.3) is 0 Å². The molecule has 1 aromatic heterocycles. The summed E-state index contributed by atoms with van der Waals surface area (Å²) in [7, 11) is 0. The SMILES string of the molecule is C#CCCC1(CCC(=O)NC2CC(C)(C)Cc3oc(C)cc32)N=N1. The van der Waals surface area contributed by atoms with Crippen LogP contribution in [0.25, 0.3) is 0 Å². The molecule has 0 bridgehead atoms. The van der Waals surface area contributed by atoms with Gasteiger partial charge in [0.2, 0.25) is 5.91 Å². The van der Waals surface area contributed by atoms with Gasteiger partial charge < -0.3 is 9.73 Å². The predicted octanol–water partition coefficient (Wildman–Crippen LogP) is 4.07. The molecule has 1 aliphatic carbocycles. The van der Waals surface area contributed by atoms with Crippen LogP contribution in [0, 0.1) is 24.7 Å². The average Bonchev–Trinajstić information content (AvgIpc) is 3.17. The fraction of sp³-hybridized carbons (Fsp3) is 0.632. The lowest BCUT2D eigenvalue weighted by Crippen LogP contribution is -2.36. The summed E-state index contributed by atoms with van der Waals surface area (Å²) < 4.78 is 5.82. The number of amides is 1. The first-order valence-corrected chi connectivity index (χ1v) is 8.59. The zero-order valence-corrected chi connectivity index (χ0v) is 14.7. The van der Waals surface area contributed by atoms with E-state index in [1.807, 2.05) is 6.92 Å². The first kappa shape index (κ1) is 16.8. The van der Waals surface area contributed by atoms with Gasteiger partial charge in [0, 0.05) is 37.7 Å². The van der Waals surface area contributed by atoms with Gasteiger partial charge >= 0.3 is 0 Å². The van der Waals surface area contributed by atoms with Crippen LogP contribution in [-0.4, -0.2) is 11.6 Å². The van der Waals surface area contributed by atoms with Crippen LogP contribution in [0.2, 0.25) is 0 Å². The van der Waals surface area contributed by atoms with E-state index in [-0.39, 0.29) is 17.4 Å². The number of rotatable bonds is 6. The summed E-state index contributed by atoms with van der Waals surface area (Å²) in [4.78, 5) is 12.4. The van der Waals surface area contributed by atoms with E-state index in [2.05, 4.69) is 41.4 Å². The fourth-order valence-electron chi connectivity index (χ4n) is 3.56. The minimum absolute atomic E-state index is 0.0171. The van der Waals surface area contributed by atoms with E-state index in [1.165, 1.54) is 0 Å². The summed E-state index contributed by atoms with van der Waals surface area (Å²) in [5, 5.41) is 11.4. The Balaban J connectivity index is 1.59. The summed E-state index contributed by atoms with van der Waals surface area (Å²) in [6.45, 7) is 6.38. The average molecular weight is 327 g/mol. The summed E-state index contributed by atoms with van der Waals surface area (Å²) in [6, 6.07) is 2.07. The van der Waals surface area contributed by atoms with Gasteiger partial charge in [-0.1, -0.05) is 13.8 Å².